The van der Waals surface area contributed by atoms with Crippen LogP contribution in [0.1, 0.15) is 19.4 Å². The molecule has 18 heavy (non-hydrogen) atoms. The van der Waals surface area contributed by atoms with Crippen LogP contribution < -0.4 is 10.5 Å². The molecule has 0 aliphatic heterocycles. The average molecular weight is 252 g/mol. The topological polar surface area (TPSA) is 47.7 Å². The first-order valence-electron chi connectivity index (χ1n) is 6.25. The number of nitrogens with zero attached hydrogens (tertiary/aromatic N) is 1. The molecule has 0 fully saturated rings. The largest absolute Gasteiger partial charge is 0.496 e. The first kappa shape index (κ1) is 14.8. The quantitative estimate of drug-likeness (QED) is 0.755. The van der Waals surface area contributed by atoms with Crippen LogP contribution in [0.5, 0.6) is 5.75 Å². The molecular formula is C14H24N2O2. The zero-order valence-corrected chi connectivity index (χ0v) is 11.8. The Morgan fingerprint density at radius 1 is 1.33 bits per heavy atom. The van der Waals surface area contributed by atoms with E-state index in [0.717, 1.165) is 36.7 Å². The van der Waals surface area contributed by atoms with E-state index in [0.29, 0.717) is 0 Å². The minimum absolute atomic E-state index is 0.278. The summed E-state index contributed by atoms with van der Waals surface area (Å²) in [7, 11) is 3.74. The van der Waals surface area contributed by atoms with Crippen molar-refractivity contribution in [2.24, 2.45) is 0 Å². The van der Waals surface area contributed by atoms with E-state index in [9.17, 15) is 0 Å². The maximum Gasteiger partial charge on any atom is 0.123 e. The summed E-state index contributed by atoms with van der Waals surface area (Å²) in [6.45, 7) is 6.51. The molecule has 0 saturated heterocycles. The third-order valence-electron chi connectivity index (χ3n) is 2.67. The molecule has 0 spiro atoms. The second-order valence-corrected chi connectivity index (χ2v) is 4.73. The summed E-state index contributed by atoms with van der Waals surface area (Å²) < 4.78 is 10.9. The van der Waals surface area contributed by atoms with Crippen LogP contribution in [0.15, 0.2) is 18.2 Å². The Morgan fingerprint density at radius 3 is 2.67 bits per heavy atom. The van der Waals surface area contributed by atoms with Gasteiger partial charge in [0.2, 0.25) is 0 Å². The van der Waals surface area contributed by atoms with E-state index in [1.165, 1.54) is 0 Å². The number of ether oxygens (including phenoxy) is 2. The fraction of sp³-hybridized carbons (Fsp3) is 0.571. The molecule has 4 heteroatoms. The molecule has 0 unspecified atom stereocenters. The first-order valence-corrected chi connectivity index (χ1v) is 6.25. The number of anilines is 1. The van der Waals surface area contributed by atoms with Gasteiger partial charge in [-0.2, -0.15) is 0 Å². The fourth-order valence-corrected chi connectivity index (χ4v) is 1.74. The van der Waals surface area contributed by atoms with Crippen molar-refractivity contribution < 1.29 is 9.47 Å². The van der Waals surface area contributed by atoms with Crippen LogP contribution in [-0.2, 0) is 11.3 Å². The predicted octanol–water partition coefficient (Wildman–Crippen LogP) is 2.13. The Labute approximate surface area is 110 Å². The van der Waals surface area contributed by atoms with Crippen molar-refractivity contribution in [2.75, 3.05) is 33.0 Å². The number of nitrogen functional groups attached to an aromatic ring is 1. The van der Waals surface area contributed by atoms with Crippen LogP contribution in [0.3, 0.4) is 0 Å². The molecule has 4 nitrogen and oxygen atoms in total. The molecule has 0 heterocycles. The smallest absolute Gasteiger partial charge is 0.123 e. The number of methoxy groups -OCH3 is 1. The van der Waals surface area contributed by atoms with Crippen LogP contribution >= 0.6 is 0 Å². The van der Waals surface area contributed by atoms with Crippen molar-refractivity contribution in [3.8, 4) is 5.75 Å². The molecule has 102 valence electrons. The third-order valence-corrected chi connectivity index (χ3v) is 2.67. The van der Waals surface area contributed by atoms with Crippen molar-refractivity contribution in [1.29, 1.82) is 0 Å². The second-order valence-electron chi connectivity index (χ2n) is 4.73. The monoisotopic (exact) mass is 252 g/mol. The maximum atomic E-state index is 5.80. The summed E-state index contributed by atoms with van der Waals surface area (Å²) >= 11 is 0. The van der Waals surface area contributed by atoms with Gasteiger partial charge in [0.15, 0.2) is 0 Å². The highest BCUT2D eigenvalue weighted by atomic mass is 16.5. The van der Waals surface area contributed by atoms with Gasteiger partial charge in [-0.1, -0.05) is 0 Å². The van der Waals surface area contributed by atoms with Gasteiger partial charge >= 0.3 is 0 Å². The molecule has 0 radical (unpaired) electrons. The van der Waals surface area contributed by atoms with Crippen LogP contribution in [0.2, 0.25) is 0 Å². The van der Waals surface area contributed by atoms with Crippen molar-refractivity contribution in [2.45, 2.75) is 26.5 Å². The number of hydrogen-bond donors (Lipinski definition) is 1. The van der Waals surface area contributed by atoms with E-state index in [2.05, 4.69) is 11.9 Å². The average Bonchev–Trinajstić information content (AvgIpc) is 2.28. The Balaban J connectivity index is 2.52. The number of rotatable bonds is 7. The normalized spacial score (nSPS) is 11.2. The standard InChI is InChI=1S/C14H24N2O2/c1-11(2)18-8-7-16(3)10-12-9-13(15)5-6-14(12)17-4/h5-6,9,11H,7-8,10,15H2,1-4H3. The second kappa shape index (κ2) is 7.24. The maximum absolute atomic E-state index is 5.80. The Morgan fingerprint density at radius 2 is 2.06 bits per heavy atom. The molecule has 2 N–H and O–H groups in total. The minimum Gasteiger partial charge on any atom is -0.496 e. The molecule has 0 aromatic heterocycles. The fourth-order valence-electron chi connectivity index (χ4n) is 1.74. The van der Waals surface area contributed by atoms with Gasteiger partial charge in [0.25, 0.3) is 0 Å². The number of nitrogens with two attached hydrogens (primary N) is 1. The zero-order chi connectivity index (χ0) is 13.5. The molecule has 0 aliphatic carbocycles. The van der Waals surface area contributed by atoms with E-state index >= 15 is 0 Å². The van der Waals surface area contributed by atoms with Crippen LogP contribution in [0.25, 0.3) is 0 Å². The molecular weight excluding hydrogens is 228 g/mol. The molecule has 1 aromatic carbocycles. The highest BCUT2D eigenvalue weighted by Crippen LogP contribution is 2.22. The van der Waals surface area contributed by atoms with Crippen LogP contribution in [0, 0.1) is 0 Å². The molecule has 0 amide bonds. The van der Waals surface area contributed by atoms with Crippen LogP contribution in [-0.4, -0.2) is 38.3 Å². The number of benzene rings is 1. The Hall–Kier alpha value is -1.26. The summed E-state index contributed by atoms with van der Waals surface area (Å²) in [5.74, 6) is 0.876. The van der Waals surface area contributed by atoms with Crippen molar-refractivity contribution >= 4 is 5.69 Å². The highest BCUT2D eigenvalue weighted by Gasteiger charge is 2.07. The van der Waals surface area contributed by atoms with Gasteiger partial charge in [-0.15, -0.1) is 0 Å². The number of hydrogen-bond acceptors (Lipinski definition) is 4. The SMILES string of the molecule is COc1ccc(N)cc1CN(C)CCOC(C)C. The van der Waals surface area contributed by atoms with Crippen molar-refractivity contribution in [1.82, 2.24) is 4.90 Å². The van der Waals surface area contributed by atoms with Gasteiger partial charge in [0, 0.05) is 24.3 Å². The van der Waals surface area contributed by atoms with E-state index < -0.39 is 0 Å². The Kier molecular flexibility index (Phi) is 5.95. The van der Waals surface area contributed by atoms with Crippen LogP contribution in [0.4, 0.5) is 5.69 Å². The van der Waals surface area contributed by atoms with Gasteiger partial charge in [0.05, 0.1) is 19.8 Å². The van der Waals surface area contributed by atoms with Gasteiger partial charge in [-0.3, -0.25) is 4.90 Å². The van der Waals surface area contributed by atoms with Gasteiger partial charge in [-0.05, 0) is 39.1 Å². The summed E-state index contributed by atoms with van der Waals surface area (Å²) in [6, 6.07) is 5.71. The lowest BCUT2D eigenvalue weighted by molar-refractivity contribution is 0.0626. The lowest BCUT2D eigenvalue weighted by Gasteiger charge is -2.19. The molecule has 1 aromatic rings. The predicted molar refractivity (Wildman–Crippen MR) is 74.8 cm³/mol. The van der Waals surface area contributed by atoms with E-state index in [1.807, 2.05) is 32.0 Å². The molecule has 0 saturated carbocycles. The van der Waals surface area contributed by atoms with Crippen molar-refractivity contribution in [3.63, 3.8) is 0 Å². The zero-order valence-electron chi connectivity index (χ0n) is 11.8. The lowest BCUT2D eigenvalue weighted by atomic mass is 10.1. The van der Waals surface area contributed by atoms with Gasteiger partial charge in [-0.25, -0.2) is 0 Å². The van der Waals surface area contributed by atoms with Gasteiger partial charge < -0.3 is 15.2 Å². The third kappa shape index (κ3) is 4.94. The number of likely N-dealkylation sites (N-methyl/N-ethyl adjacent to an activating group) is 1. The first-order chi connectivity index (χ1) is 8.52. The summed E-state index contributed by atoms with van der Waals surface area (Å²) in [6.07, 6.45) is 0.278. The molecule has 0 bridgehead atoms. The molecule has 0 atom stereocenters. The summed E-state index contributed by atoms with van der Waals surface area (Å²) in [4.78, 5) is 2.19. The highest BCUT2D eigenvalue weighted by molar-refractivity contribution is 5.47. The molecule has 0 aliphatic rings. The summed E-state index contributed by atoms with van der Waals surface area (Å²) in [5, 5.41) is 0. The summed E-state index contributed by atoms with van der Waals surface area (Å²) in [5.41, 5.74) is 7.66. The molecule has 1 rings (SSSR count). The van der Waals surface area contributed by atoms with Gasteiger partial charge in [0.1, 0.15) is 5.75 Å². The Bertz CT molecular complexity index is 367. The van der Waals surface area contributed by atoms with E-state index in [-0.39, 0.29) is 6.10 Å². The van der Waals surface area contributed by atoms with E-state index in [1.54, 1.807) is 7.11 Å². The minimum atomic E-state index is 0.278. The lowest BCUT2D eigenvalue weighted by Crippen LogP contribution is -2.24. The van der Waals surface area contributed by atoms with E-state index in [4.69, 9.17) is 15.2 Å². The van der Waals surface area contributed by atoms with Crippen molar-refractivity contribution in [3.05, 3.63) is 23.8 Å².